The minimum atomic E-state index is -0.0426. The molecular formula is C30H42N2O7. The SMILES string of the molecule is COCCCOc1cc(C(=O)N(C[C@@H]2CNCC2OCc2cccc3c2OCCCO3)C(C)C)ccc1OC. The Balaban J connectivity index is 1.42. The molecule has 0 bridgehead atoms. The summed E-state index contributed by atoms with van der Waals surface area (Å²) in [6.45, 7) is 8.97. The quantitative estimate of drug-likeness (QED) is 0.381. The number of para-hydroxylation sites is 1. The zero-order valence-electron chi connectivity index (χ0n) is 23.6. The van der Waals surface area contributed by atoms with Crippen LogP contribution in [-0.2, 0) is 16.1 Å². The van der Waals surface area contributed by atoms with Crippen molar-refractivity contribution in [2.75, 3.05) is 60.3 Å². The molecule has 0 spiro atoms. The summed E-state index contributed by atoms with van der Waals surface area (Å²) in [5.41, 5.74) is 1.55. The molecule has 2 atom stereocenters. The summed E-state index contributed by atoms with van der Waals surface area (Å²) < 4.78 is 34.7. The van der Waals surface area contributed by atoms with Crippen molar-refractivity contribution in [1.29, 1.82) is 0 Å². The summed E-state index contributed by atoms with van der Waals surface area (Å²) in [5.74, 6) is 2.81. The molecule has 1 unspecified atom stereocenters. The molecule has 39 heavy (non-hydrogen) atoms. The molecule has 214 valence electrons. The first-order valence-electron chi connectivity index (χ1n) is 13.8. The largest absolute Gasteiger partial charge is 0.493 e. The smallest absolute Gasteiger partial charge is 0.254 e. The molecule has 0 aromatic heterocycles. The number of methoxy groups -OCH3 is 2. The fourth-order valence-electron chi connectivity index (χ4n) is 4.91. The van der Waals surface area contributed by atoms with Gasteiger partial charge >= 0.3 is 0 Å². The van der Waals surface area contributed by atoms with E-state index in [2.05, 4.69) is 5.32 Å². The molecule has 2 heterocycles. The van der Waals surface area contributed by atoms with Crippen molar-refractivity contribution in [2.45, 2.75) is 45.4 Å². The number of amides is 1. The maximum absolute atomic E-state index is 13.7. The number of hydrogen-bond donors (Lipinski definition) is 1. The number of ether oxygens (including phenoxy) is 6. The van der Waals surface area contributed by atoms with Crippen molar-refractivity contribution in [2.24, 2.45) is 5.92 Å². The van der Waals surface area contributed by atoms with E-state index in [0.29, 0.717) is 56.6 Å². The Morgan fingerprint density at radius 3 is 2.72 bits per heavy atom. The average molecular weight is 543 g/mol. The molecule has 4 rings (SSSR count). The lowest BCUT2D eigenvalue weighted by Crippen LogP contribution is -2.43. The van der Waals surface area contributed by atoms with Crippen LogP contribution in [0.5, 0.6) is 23.0 Å². The highest BCUT2D eigenvalue weighted by Crippen LogP contribution is 2.34. The standard InChI is InChI=1S/C30H42N2O7/c1-21(2)32(30(33)22-10-11-25(35-4)27(16-22)37-13-6-12-34-3)19-24-17-31-18-28(24)39-20-23-8-5-9-26-29(23)38-15-7-14-36-26/h5,8-11,16,21,24,28,31H,6-7,12-15,17-20H2,1-4H3/t24-,28?/m0/s1. The lowest BCUT2D eigenvalue weighted by Gasteiger charge is -2.31. The molecule has 1 N–H and O–H groups in total. The van der Waals surface area contributed by atoms with Crippen LogP contribution in [-0.4, -0.2) is 83.2 Å². The van der Waals surface area contributed by atoms with E-state index in [-0.39, 0.29) is 24.0 Å². The van der Waals surface area contributed by atoms with Gasteiger partial charge in [0.25, 0.3) is 5.91 Å². The van der Waals surface area contributed by atoms with Crippen molar-refractivity contribution in [3.05, 3.63) is 47.5 Å². The van der Waals surface area contributed by atoms with Crippen LogP contribution in [0.3, 0.4) is 0 Å². The highest BCUT2D eigenvalue weighted by atomic mass is 16.5. The monoisotopic (exact) mass is 542 g/mol. The average Bonchev–Trinajstić information content (AvgIpc) is 3.25. The van der Waals surface area contributed by atoms with Crippen LogP contribution in [0.1, 0.15) is 42.6 Å². The maximum atomic E-state index is 13.7. The number of benzene rings is 2. The third kappa shape index (κ3) is 7.56. The normalized spacial score (nSPS) is 18.6. The first-order chi connectivity index (χ1) is 19.0. The summed E-state index contributed by atoms with van der Waals surface area (Å²) in [7, 11) is 3.26. The first kappa shape index (κ1) is 29.0. The van der Waals surface area contributed by atoms with E-state index < -0.39 is 0 Å². The van der Waals surface area contributed by atoms with Gasteiger partial charge in [-0.1, -0.05) is 12.1 Å². The van der Waals surface area contributed by atoms with E-state index in [0.717, 1.165) is 43.0 Å². The molecule has 2 aromatic carbocycles. The zero-order chi connectivity index (χ0) is 27.6. The Hall–Kier alpha value is -3.01. The number of hydrogen-bond acceptors (Lipinski definition) is 8. The molecule has 1 amide bonds. The van der Waals surface area contributed by atoms with Crippen LogP contribution in [0, 0.1) is 5.92 Å². The molecule has 0 radical (unpaired) electrons. The van der Waals surface area contributed by atoms with Gasteiger partial charge in [0.2, 0.25) is 0 Å². The molecule has 9 nitrogen and oxygen atoms in total. The molecule has 9 heteroatoms. The number of rotatable bonds is 13. The van der Waals surface area contributed by atoms with Gasteiger partial charge < -0.3 is 38.6 Å². The van der Waals surface area contributed by atoms with Crippen molar-refractivity contribution >= 4 is 5.91 Å². The summed E-state index contributed by atoms with van der Waals surface area (Å²) in [6, 6.07) is 11.3. The van der Waals surface area contributed by atoms with Gasteiger partial charge in [0.1, 0.15) is 0 Å². The number of fused-ring (bicyclic) bond motifs is 1. The lowest BCUT2D eigenvalue weighted by atomic mass is 10.0. The van der Waals surface area contributed by atoms with Gasteiger partial charge in [-0.25, -0.2) is 0 Å². The van der Waals surface area contributed by atoms with E-state index in [9.17, 15) is 4.79 Å². The molecule has 1 saturated heterocycles. The Morgan fingerprint density at radius 1 is 1.08 bits per heavy atom. The van der Waals surface area contributed by atoms with Gasteiger partial charge in [0, 0.05) is 69.3 Å². The second-order valence-corrected chi connectivity index (χ2v) is 10.2. The van der Waals surface area contributed by atoms with Crippen LogP contribution in [0.15, 0.2) is 36.4 Å². The highest BCUT2D eigenvalue weighted by molar-refractivity contribution is 5.95. The third-order valence-electron chi connectivity index (χ3n) is 7.06. The molecule has 1 fully saturated rings. The third-order valence-corrected chi connectivity index (χ3v) is 7.06. The Bertz CT molecular complexity index is 1080. The Morgan fingerprint density at radius 2 is 1.92 bits per heavy atom. The van der Waals surface area contributed by atoms with Crippen LogP contribution in [0.2, 0.25) is 0 Å². The number of carbonyl (C=O) groups excluding carboxylic acids is 1. The summed E-state index contributed by atoms with van der Waals surface area (Å²) in [4.78, 5) is 15.6. The van der Waals surface area contributed by atoms with Crippen molar-refractivity contribution in [1.82, 2.24) is 10.2 Å². The van der Waals surface area contributed by atoms with Gasteiger partial charge in [0.15, 0.2) is 23.0 Å². The van der Waals surface area contributed by atoms with E-state index in [4.69, 9.17) is 28.4 Å². The van der Waals surface area contributed by atoms with E-state index in [1.54, 1.807) is 32.4 Å². The fourth-order valence-corrected chi connectivity index (χ4v) is 4.91. The summed E-state index contributed by atoms with van der Waals surface area (Å²) >= 11 is 0. The van der Waals surface area contributed by atoms with Crippen molar-refractivity contribution in [3.8, 4) is 23.0 Å². The van der Waals surface area contributed by atoms with Crippen LogP contribution in [0.4, 0.5) is 0 Å². The molecule has 2 aliphatic rings. The predicted octanol–water partition coefficient (Wildman–Crippen LogP) is 3.93. The van der Waals surface area contributed by atoms with Crippen molar-refractivity contribution < 1.29 is 33.2 Å². The zero-order valence-corrected chi connectivity index (χ0v) is 23.6. The molecule has 2 aromatic rings. The highest BCUT2D eigenvalue weighted by Gasteiger charge is 2.33. The van der Waals surface area contributed by atoms with E-state index >= 15 is 0 Å². The van der Waals surface area contributed by atoms with Gasteiger partial charge in [-0.3, -0.25) is 4.79 Å². The number of carbonyl (C=O) groups is 1. The van der Waals surface area contributed by atoms with E-state index in [1.807, 2.05) is 36.9 Å². The van der Waals surface area contributed by atoms with Gasteiger partial charge in [0.05, 0.1) is 39.6 Å². The Labute approximate surface area is 231 Å². The second-order valence-electron chi connectivity index (χ2n) is 10.2. The fraction of sp³-hybridized carbons (Fsp3) is 0.567. The Kier molecular flexibility index (Phi) is 10.7. The predicted molar refractivity (Wildman–Crippen MR) is 148 cm³/mol. The maximum Gasteiger partial charge on any atom is 0.254 e. The lowest BCUT2D eigenvalue weighted by molar-refractivity contribution is 0.0120. The topological polar surface area (TPSA) is 87.7 Å². The molecule has 2 aliphatic heterocycles. The van der Waals surface area contributed by atoms with Gasteiger partial charge in [-0.05, 0) is 38.1 Å². The molecule has 0 aliphatic carbocycles. The molecule has 0 saturated carbocycles. The van der Waals surface area contributed by atoms with Gasteiger partial charge in [-0.15, -0.1) is 0 Å². The minimum Gasteiger partial charge on any atom is -0.493 e. The molecular weight excluding hydrogens is 500 g/mol. The number of nitrogens with one attached hydrogen (secondary N) is 1. The number of nitrogens with zero attached hydrogens (tertiary/aromatic N) is 1. The summed E-state index contributed by atoms with van der Waals surface area (Å²) in [6.07, 6.45) is 1.58. The first-order valence-corrected chi connectivity index (χ1v) is 13.8. The minimum absolute atomic E-state index is 0.0161. The second kappa shape index (κ2) is 14.4. The van der Waals surface area contributed by atoms with Crippen LogP contribution < -0.4 is 24.3 Å². The van der Waals surface area contributed by atoms with Crippen LogP contribution >= 0.6 is 0 Å². The summed E-state index contributed by atoms with van der Waals surface area (Å²) in [5, 5.41) is 3.45. The van der Waals surface area contributed by atoms with E-state index in [1.165, 1.54) is 0 Å². The van der Waals surface area contributed by atoms with Crippen molar-refractivity contribution in [3.63, 3.8) is 0 Å². The van der Waals surface area contributed by atoms with Gasteiger partial charge in [-0.2, -0.15) is 0 Å². The van der Waals surface area contributed by atoms with Crippen LogP contribution in [0.25, 0.3) is 0 Å².